The summed E-state index contributed by atoms with van der Waals surface area (Å²) in [4.78, 5) is 22.8. The fourth-order valence-electron chi connectivity index (χ4n) is 7.28. The molecule has 1 saturated carbocycles. The number of nitrogens with zero attached hydrogens (tertiary/aromatic N) is 3. The van der Waals surface area contributed by atoms with Crippen LogP contribution in [0.2, 0.25) is 0 Å². The lowest BCUT2D eigenvalue weighted by molar-refractivity contribution is -0.141. The van der Waals surface area contributed by atoms with E-state index in [1.54, 1.807) is 39.1 Å². The van der Waals surface area contributed by atoms with Gasteiger partial charge in [0.05, 0.1) is 17.2 Å². The zero-order valence-electron chi connectivity index (χ0n) is 30.9. The Bertz CT molecular complexity index is 1700. The summed E-state index contributed by atoms with van der Waals surface area (Å²) in [5.41, 5.74) is 2.84. The zero-order chi connectivity index (χ0) is 37.8. The van der Waals surface area contributed by atoms with Gasteiger partial charge < -0.3 is 14.8 Å². The summed E-state index contributed by atoms with van der Waals surface area (Å²) in [5, 5.41) is 3.18. The number of esters is 1. The minimum atomic E-state index is -4.58. The molecule has 10 heteroatoms. The lowest BCUT2D eigenvalue weighted by atomic mass is 9.88. The summed E-state index contributed by atoms with van der Waals surface area (Å²) >= 11 is 0. The molecule has 1 heterocycles. The molecule has 1 atom stereocenters. The number of rotatable bonds is 15. The average Bonchev–Trinajstić information content (AvgIpc) is 3.66. The van der Waals surface area contributed by atoms with Crippen LogP contribution in [0.4, 0.5) is 13.2 Å². The normalized spacial score (nSPS) is 17.5. The number of ether oxygens (including phenoxy) is 2. The predicted molar refractivity (Wildman–Crippen MR) is 204 cm³/mol. The van der Waals surface area contributed by atoms with E-state index in [1.807, 2.05) is 12.1 Å². The molecular weight excluding hydrogens is 677 g/mol. The molecule has 2 fully saturated rings. The number of hydrogen-bond acceptors (Lipinski definition) is 7. The number of halogens is 3. The van der Waals surface area contributed by atoms with Crippen molar-refractivity contribution in [3.8, 4) is 0 Å². The van der Waals surface area contributed by atoms with Crippen molar-refractivity contribution in [2.24, 2.45) is 4.99 Å². The van der Waals surface area contributed by atoms with Gasteiger partial charge >= 0.3 is 12.1 Å². The van der Waals surface area contributed by atoms with Crippen LogP contribution in [0.25, 0.3) is 0 Å². The third-order valence-corrected chi connectivity index (χ3v) is 9.97. The minimum Gasteiger partial charge on any atom is -0.475 e. The molecule has 3 aromatic rings. The maximum atomic E-state index is 14.1. The third-order valence-electron chi connectivity index (χ3n) is 9.97. The largest absolute Gasteiger partial charge is 0.475 e. The molecule has 5 rings (SSSR count). The van der Waals surface area contributed by atoms with Crippen LogP contribution in [0.1, 0.15) is 80.7 Å². The molecule has 0 aromatic heterocycles. The van der Waals surface area contributed by atoms with Crippen molar-refractivity contribution < 1.29 is 27.4 Å². The van der Waals surface area contributed by atoms with Gasteiger partial charge in [0.1, 0.15) is 12.7 Å². The molecule has 53 heavy (non-hydrogen) atoms. The highest BCUT2D eigenvalue weighted by Gasteiger charge is 2.36. The number of allylic oxidation sites excluding steroid dienone is 3. The topological polar surface area (TPSA) is 66.4 Å². The van der Waals surface area contributed by atoms with Crippen LogP contribution in [0.3, 0.4) is 0 Å². The molecule has 2 aliphatic rings. The first kappa shape index (κ1) is 39.5. The van der Waals surface area contributed by atoms with E-state index in [0.717, 1.165) is 57.9 Å². The zero-order valence-corrected chi connectivity index (χ0v) is 30.9. The molecule has 1 saturated heterocycles. The standard InChI is InChI=1S/C43H51F3N4O3/c1-31(23-24-47-34(4)53-37-19-11-12-20-37)48-33(3)40(32(2)38-21-13-14-22-39(38)43(44,45)46)42(51)52-30-29-49-25-27-50(28-26-49)41(35-15-7-5-8-16-35)36-17-9-6-10-18-36/h5-10,13-18,21-24,32,37,41,48H,4,11-12,19-20,25-30H2,1-3H3/b31-23+,40-33+,47-24?/t32-/m0/s1. The number of nitrogens with one attached hydrogen (secondary N) is 1. The Morgan fingerprint density at radius 3 is 2.11 bits per heavy atom. The van der Waals surface area contributed by atoms with Gasteiger partial charge in [0.25, 0.3) is 0 Å². The van der Waals surface area contributed by atoms with Gasteiger partial charge in [-0.15, -0.1) is 0 Å². The smallest absolute Gasteiger partial charge is 0.416 e. The van der Waals surface area contributed by atoms with Gasteiger partial charge in [0.2, 0.25) is 5.88 Å². The van der Waals surface area contributed by atoms with E-state index in [9.17, 15) is 18.0 Å². The second kappa shape index (κ2) is 18.9. The first-order valence-electron chi connectivity index (χ1n) is 18.4. The van der Waals surface area contributed by atoms with E-state index < -0.39 is 23.6 Å². The minimum absolute atomic E-state index is 0.000774. The number of piperazine rings is 1. The van der Waals surface area contributed by atoms with Crippen molar-refractivity contribution in [1.29, 1.82) is 0 Å². The number of alkyl halides is 3. The van der Waals surface area contributed by atoms with Crippen molar-refractivity contribution in [2.75, 3.05) is 39.3 Å². The van der Waals surface area contributed by atoms with Crippen molar-refractivity contribution in [1.82, 2.24) is 15.1 Å². The van der Waals surface area contributed by atoms with Crippen LogP contribution in [-0.4, -0.2) is 67.4 Å². The van der Waals surface area contributed by atoms with Crippen LogP contribution in [0.15, 0.2) is 125 Å². The molecule has 1 aliphatic heterocycles. The number of benzene rings is 3. The van der Waals surface area contributed by atoms with E-state index in [1.165, 1.54) is 23.3 Å². The number of carbonyl (C=O) groups is 1. The van der Waals surface area contributed by atoms with E-state index >= 15 is 0 Å². The lowest BCUT2D eigenvalue weighted by Gasteiger charge is -2.39. The monoisotopic (exact) mass is 728 g/mol. The highest BCUT2D eigenvalue weighted by Crippen LogP contribution is 2.38. The maximum absolute atomic E-state index is 14.1. The van der Waals surface area contributed by atoms with E-state index in [4.69, 9.17) is 9.47 Å². The molecule has 0 unspecified atom stereocenters. The van der Waals surface area contributed by atoms with Crippen LogP contribution < -0.4 is 5.32 Å². The van der Waals surface area contributed by atoms with Gasteiger partial charge in [-0.2, -0.15) is 13.2 Å². The van der Waals surface area contributed by atoms with E-state index in [-0.39, 0.29) is 29.9 Å². The molecule has 282 valence electrons. The second-order valence-corrected chi connectivity index (χ2v) is 13.8. The molecule has 0 bridgehead atoms. The predicted octanol–water partition coefficient (Wildman–Crippen LogP) is 9.03. The highest BCUT2D eigenvalue weighted by molar-refractivity contribution is 5.91. The first-order valence-corrected chi connectivity index (χ1v) is 18.4. The summed E-state index contributed by atoms with van der Waals surface area (Å²) in [7, 11) is 0. The Morgan fingerprint density at radius 2 is 1.51 bits per heavy atom. The first-order chi connectivity index (χ1) is 25.5. The van der Waals surface area contributed by atoms with E-state index in [2.05, 4.69) is 75.2 Å². The van der Waals surface area contributed by atoms with E-state index in [0.29, 0.717) is 23.8 Å². The molecule has 1 aliphatic carbocycles. The van der Waals surface area contributed by atoms with Crippen LogP contribution in [-0.2, 0) is 20.4 Å². The number of carbonyl (C=O) groups excluding carboxylic acids is 1. The molecule has 7 nitrogen and oxygen atoms in total. The SMILES string of the molecule is C=C(N=C/C=C(\C)N/C(C)=C(/C(=O)OCCN1CCN(C(c2ccccc2)c2ccccc2)CC1)[C@@H](C)c1ccccc1C(F)(F)F)OC1CCCC1. The fraction of sp³-hybridized carbons (Fsp3) is 0.395. The average molecular weight is 729 g/mol. The molecule has 3 aromatic carbocycles. The molecule has 0 amide bonds. The summed E-state index contributed by atoms with van der Waals surface area (Å²) in [6, 6.07) is 26.4. The van der Waals surface area contributed by atoms with Gasteiger partial charge in [-0.3, -0.25) is 9.80 Å². The Balaban J connectivity index is 1.25. The second-order valence-electron chi connectivity index (χ2n) is 13.8. The van der Waals surface area contributed by atoms with Gasteiger partial charge in [-0.05, 0) is 74.9 Å². The summed E-state index contributed by atoms with van der Waals surface area (Å²) in [5.74, 6) is -1.25. The third kappa shape index (κ3) is 11.2. The Kier molecular flexibility index (Phi) is 14.1. The quantitative estimate of drug-likeness (QED) is 0.0730. The molecule has 1 N–H and O–H groups in total. The molecular formula is C43H51F3N4O3. The van der Waals surface area contributed by atoms with Crippen LogP contribution in [0, 0.1) is 0 Å². The summed E-state index contributed by atoms with van der Waals surface area (Å²) in [6.45, 7) is 12.8. The fourth-order valence-corrected chi connectivity index (χ4v) is 7.28. The molecule has 0 radical (unpaired) electrons. The van der Waals surface area contributed by atoms with Gasteiger partial charge in [-0.25, -0.2) is 9.79 Å². The van der Waals surface area contributed by atoms with Crippen molar-refractivity contribution >= 4 is 12.2 Å². The molecule has 0 spiro atoms. The van der Waals surface area contributed by atoms with Crippen molar-refractivity contribution in [2.45, 2.75) is 70.7 Å². The lowest BCUT2D eigenvalue weighted by Crippen LogP contribution is -2.48. The highest BCUT2D eigenvalue weighted by atomic mass is 19.4. The Morgan fingerprint density at radius 1 is 0.925 bits per heavy atom. The number of hydrogen-bond donors (Lipinski definition) is 1. The summed E-state index contributed by atoms with van der Waals surface area (Å²) in [6.07, 6.45) is 3.05. The van der Waals surface area contributed by atoms with Gasteiger partial charge in [0.15, 0.2) is 0 Å². The van der Waals surface area contributed by atoms with Crippen LogP contribution in [0.5, 0.6) is 0 Å². The van der Waals surface area contributed by atoms with Gasteiger partial charge in [0, 0.05) is 56.3 Å². The van der Waals surface area contributed by atoms with Gasteiger partial charge in [-0.1, -0.05) is 85.8 Å². The van der Waals surface area contributed by atoms with Crippen molar-refractivity contribution in [3.63, 3.8) is 0 Å². The number of aliphatic imine (C=N–C) groups is 1. The maximum Gasteiger partial charge on any atom is 0.416 e. The van der Waals surface area contributed by atoms with Crippen molar-refractivity contribution in [3.05, 3.63) is 143 Å². The summed E-state index contributed by atoms with van der Waals surface area (Å²) < 4.78 is 53.9. The Hall–Kier alpha value is -4.67. The Labute approximate surface area is 311 Å². The van der Waals surface area contributed by atoms with Crippen LogP contribution >= 0.6 is 0 Å².